The minimum atomic E-state index is -3.90. The van der Waals surface area contributed by atoms with Crippen LogP contribution >= 0.6 is 0 Å². The van der Waals surface area contributed by atoms with E-state index in [4.69, 9.17) is 23.9 Å². The lowest BCUT2D eigenvalue weighted by atomic mass is 9.77. The molecule has 8 rings (SSSR count). The molecule has 1 aliphatic heterocycles. The summed E-state index contributed by atoms with van der Waals surface area (Å²) in [6.45, 7) is 6.06. The molecule has 4 bridgehead atoms. The van der Waals surface area contributed by atoms with E-state index in [2.05, 4.69) is 28.0 Å². The third kappa shape index (κ3) is 8.73. The Bertz CT molecular complexity index is 2150. The van der Waals surface area contributed by atoms with Crippen molar-refractivity contribution in [3.05, 3.63) is 42.5 Å². The Kier molecular flexibility index (Phi) is 12.2. The molecule has 0 saturated heterocycles. The molecule has 5 aliphatic carbocycles. The zero-order valence-corrected chi connectivity index (χ0v) is 35.4. The Hall–Kier alpha value is -4.66. The van der Waals surface area contributed by atoms with Crippen molar-refractivity contribution in [1.82, 2.24) is 20.3 Å². The van der Waals surface area contributed by atoms with Gasteiger partial charge in [-0.05, 0) is 95.5 Å². The summed E-state index contributed by atoms with van der Waals surface area (Å²) in [7, 11) is -2.30. The number of nitrogens with zero attached hydrogens (tertiary/aromatic N) is 1. The molecule has 1 aromatic heterocycles. The molecular formula is C45H58N4O10S. The maximum absolute atomic E-state index is 15.2. The van der Waals surface area contributed by atoms with Crippen molar-refractivity contribution in [2.45, 2.75) is 132 Å². The van der Waals surface area contributed by atoms with Gasteiger partial charge in [0.25, 0.3) is 5.91 Å². The van der Waals surface area contributed by atoms with Crippen molar-refractivity contribution >= 4 is 50.7 Å². The number of hydrogen-bond donors (Lipinski definition) is 3. The number of hydrogen-bond acceptors (Lipinski definition) is 11. The number of Topliss-reactive ketones (excluding diaryl/α,β-unsaturated/α-hetero) is 1. The van der Waals surface area contributed by atoms with Crippen LogP contribution in [0.25, 0.3) is 17.0 Å². The van der Waals surface area contributed by atoms with Crippen LogP contribution in [0.5, 0.6) is 17.4 Å². The maximum Gasteiger partial charge on any atom is 0.408 e. The number of carbonyl (C=O) groups is 4. The molecular weight excluding hydrogens is 789 g/mol. The molecule has 0 radical (unpaired) electrons. The molecule has 5 fully saturated rings. The molecule has 3 N–H and O–H groups in total. The van der Waals surface area contributed by atoms with Crippen molar-refractivity contribution in [2.24, 2.45) is 29.6 Å². The van der Waals surface area contributed by atoms with Gasteiger partial charge in [0.2, 0.25) is 21.8 Å². The van der Waals surface area contributed by atoms with E-state index < -0.39 is 68.6 Å². The minimum Gasteiger partial charge on any atom is -0.496 e. The summed E-state index contributed by atoms with van der Waals surface area (Å²) in [5.41, 5.74) is -0.149. The van der Waals surface area contributed by atoms with Crippen LogP contribution in [-0.4, -0.2) is 79.8 Å². The van der Waals surface area contributed by atoms with Crippen molar-refractivity contribution in [1.29, 1.82) is 0 Å². The number of ketones is 1. The Morgan fingerprint density at radius 1 is 1.00 bits per heavy atom. The lowest BCUT2D eigenvalue weighted by Gasteiger charge is -2.34. The van der Waals surface area contributed by atoms with Crippen LogP contribution in [0, 0.1) is 29.6 Å². The summed E-state index contributed by atoms with van der Waals surface area (Å²) in [6, 6.07) is 4.62. The highest BCUT2D eigenvalue weighted by molar-refractivity contribution is 7.91. The van der Waals surface area contributed by atoms with Gasteiger partial charge in [-0.15, -0.1) is 6.58 Å². The highest BCUT2D eigenvalue weighted by Gasteiger charge is 2.62. The number of ether oxygens (including phenoxy) is 4. The molecule has 8 atom stereocenters. The number of sulfonamides is 1. The second-order valence-corrected chi connectivity index (χ2v) is 19.6. The number of carbonyl (C=O) groups excluding carboxylic acids is 4. The number of allylic oxidation sites excluding steroid dienone is 1. The Balaban J connectivity index is 1.18. The summed E-state index contributed by atoms with van der Waals surface area (Å²) >= 11 is 0. The molecule has 0 spiro atoms. The first-order chi connectivity index (χ1) is 28.9. The van der Waals surface area contributed by atoms with Crippen molar-refractivity contribution in [2.75, 3.05) is 13.7 Å². The standard InChI is InChI=1S/C45H58N4O10S/c1-4-29-25-45(29,43(52)49-60(54,55)31-18-19-31)48-42(51)33-22-30-21-32(33)41(50)40(27-13-7-6-8-14-27)47-44(53)59-36-17-10-9-12-26(36)15-11-16-28-20-34-35(23-37(28)56-3)46-39(57-5-2)24-38(34)58-30/h4,11,16,20,23-24,26-27,29-33,36,40H,1,5-10,12-15,17-19,21-22,25H2,2-3H3,(H,47,53)(H,48,51)(H,49,52)/t26-,29-,30+,32?,33-,36+,40+,45-/m1/s1. The molecule has 5 saturated carbocycles. The number of benzene rings is 1. The van der Waals surface area contributed by atoms with E-state index in [1.54, 1.807) is 19.3 Å². The average molecular weight is 847 g/mol. The topological polar surface area (TPSA) is 188 Å². The minimum absolute atomic E-state index is 0.0819. The van der Waals surface area contributed by atoms with Gasteiger partial charge < -0.3 is 29.6 Å². The highest BCUT2D eigenvalue weighted by Crippen LogP contribution is 2.47. The first-order valence-corrected chi connectivity index (χ1v) is 23.5. The van der Waals surface area contributed by atoms with Crippen LogP contribution in [-0.2, 0) is 29.1 Å². The lowest BCUT2D eigenvalue weighted by Crippen LogP contribution is -2.55. The van der Waals surface area contributed by atoms with Crippen LogP contribution in [0.3, 0.4) is 0 Å². The number of amides is 3. The van der Waals surface area contributed by atoms with Crippen molar-refractivity contribution in [3.8, 4) is 17.4 Å². The summed E-state index contributed by atoms with van der Waals surface area (Å²) in [5, 5.41) is 6.00. The Morgan fingerprint density at radius 3 is 2.47 bits per heavy atom. The van der Waals surface area contributed by atoms with Crippen LogP contribution in [0.15, 0.2) is 36.9 Å². The third-order valence-electron chi connectivity index (χ3n) is 13.7. The van der Waals surface area contributed by atoms with E-state index in [0.717, 1.165) is 63.4 Å². The molecule has 14 nitrogen and oxygen atoms in total. The van der Waals surface area contributed by atoms with Crippen molar-refractivity contribution in [3.63, 3.8) is 0 Å². The summed E-state index contributed by atoms with van der Waals surface area (Å²) in [4.78, 5) is 62.2. The van der Waals surface area contributed by atoms with Gasteiger partial charge >= 0.3 is 6.09 Å². The molecule has 1 aromatic carbocycles. The number of rotatable bonds is 10. The molecule has 2 aromatic rings. The fourth-order valence-electron chi connectivity index (χ4n) is 10.1. The van der Waals surface area contributed by atoms with E-state index in [1.165, 1.54) is 0 Å². The van der Waals surface area contributed by atoms with E-state index >= 15 is 4.79 Å². The summed E-state index contributed by atoms with van der Waals surface area (Å²) in [6.07, 6.45) is 14.0. The van der Waals surface area contributed by atoms with E-state index in [1.807, 2.05) is 25.1 Å². The molecule has 6 aliphatic rings. The van der Waals surface area contributed by atoms with Gasteiger partial charge in [-0.1, -0.05) is 43.9 Å². The Morgan fingerprint density at radius 2 is 1.75 bits per heavy atom. The second-order valence-electron chi connectivity index (χ2n) is 17.7. The predicted molar refractivity (Wildman–Crippen MR) is 224 cm³/mol. The number of methoxy groups -OCH3 is 1. The van der Waals surface area contributed by atoms with Crippen LogP contribution < -0.4 is 29.6 Å². The number of alkyl carbamates (subject to hydrolysis) is 1. The van der Waals surface area contributed by atoms with Gasteiger partial charge in [0.1, 0.15) is 29.2 Å². The fraction of sp³-hybridized carbons (Fsp3) is 0.622. The quantitative estimate of drug-likeness (QED) is 0.228. The average Bonchev–Trinajstić information content (AvgIpc) is 4.17. The smallest absolute Gasteiger partial charge is 0.408 e. The number of aromatic nitrogens is 1. The second kappa shape index (κ2) is 17.4. The SMILES string of the molecule is C=C[C@@H]1C[C@]1(NC(=O)[C@@H]1C[C@@H]2CC1C(=O)[C@H](C1CCCCC1)NC(=O)O[C@H]1CCCC[C@@H]1CC=Cc1cc3c(cc(OCC)nc3cc1OC)O2)C(=O)NS(=O)(=O)C1CC1. The largest absolute Gasteiger partial charge is 0.496 e. The first kappa shape index (κ1) is 42.0. The van der Waals surface area contributed by atoms with Crippen LogP contribution in [0.2, 0.25) is 0 Å². The normalized spacial score (nSPS) is 31.1. The van der Waals surface area contributed by atoms with E-state index in [-0.39, 0.29) is 43.0 Å². The van der Waals surface area contributed by atoms with E-state index in [9.17, 15) is 22.8 Å². The maximum atomic E-state index is 15.2. The number of pyridine rings is 1. The predicted octanol–water partition coefficient (Wildman–Crippen LogP) is 6.30. The monoisotopic (exact) mass is 846 g/mol. The fourth-order valence-corrected chi connectivity index (χ4v) is 11.5. The van der Waals surface area contributed by atoms with E-state index in [0.29, 0.717) is 54.2 Å². The van der Waals surface area contributed by atoms with Gasteiger partial charge in [0, 0.05) is 34.9 Å². The first-order valence-electron chi connectivity index (χ1n) is 21.9. The molecule has 60 heavy (non-hydrogen) atoms. The highest BCUT2D eigenvalue weighted by atomic mass is 32.2. The molecule has 2 heterocycles. The van der Waals surface area contributed by atoms with Gasteiger partial charge in [-0.3, -0.25) is 19.1 Å². The molecule has 324 valence electrons. The van der Waals surface area contributed by atoms with Gasteiger partial charge in [0.05, 0.1) is 36.4 Å². The lowest BCUT2D eigenvalue weighted by molar-refractivity contribution is -0.136. The van der Waals surface area contributed by atoms with Gasteiger partial charge in [0.15, 0.2) is 5.78 Å². The number of fused-ring (bicyclic) bond motifs is 4. The zero-order valence-electron chi connectivity index (χ0n) is 34.6. The van der Waals surface area contributed by atoms with Crippen molar-refractivity contribution < 1.29 is 46.5 Å². The molecule has 1 unspecified atom stereocenters. The molecule has 3 amide bonds. The Labute approximate surface area is 352 Å². The number of nitrogens with one attached hydrogen (secondary N) is 3. The summed E-state index contributed by atoms with van der Waals surface area (Å²) in [5.74, 6) is -2.68. The van der Waals surface area contributed by atoms with Crippen LogP contribution in [0.1, 0.15) is 109 Å². The third-order valence-corrected chi connectivity index (χ3v) is 15.5. The van der Waals surface area contributed by atoms with Crippen LogP contribution in [0.4, 0.5) is 4.79 Å². The molecule has 15 heteroatoms. The van der Waals surface area contributed by atoms with Gasteiger partial charge in [-0.2, -0.15) is 0 Å². The zero-order chi connectivity index (χ0) is 42.2. The summed E-state index contributed by atoms with van der Waals surface area (Å²) < 4.78 is 52.6. The van der Waals surface area contributed by atoms with Gasteiger partial charge in [-0.25, -0.2) is 18.2 Å².